The maximum absolute atomic E-state index is 15.9. The highest BCUT2D eigenvalue weighted by Gasteiger charge is 2.43. The summed E-state index contributed by atoms with van der Waals surface area (Å²) in [6, 6.07) is 2.99. The molecule has 1 aromatic carbocycles. The smallest absolute Gasteiger partial charge is 0.367 e. The van der Waals surface area contributed by atoms with Crippen molar-refractivity contribution in [3.05, 3.63) is 41.2 Å². The van der Waals surface area contributed by atoms with Crippen molar-refractivity contribution in [1.82, 2.24) is 9.80 Å². The summed E-state index contributed by atoms with van der Waals surface area (Å²) in [4.78, 5) is 47.4. The largest absolute Gasteiger partial charge is 0.414 e. The predicted octanol–water partition coefficient (Wildman–Crippen LogP) is 5.20. The summed E-state index contributed by atoms with van der Waals surface area (Å²) < 4.78 is 57.1. The second-order valence-corrected chi connectivity index (χ2v) is 12.4. The zero-order chi connectivity index (χ0) is 31.8. The van der Waals surface area contributed by atoms with Crippen LogP contribution in [0.5, 0.6) is 0 Å². The molecule has 1 aromatic rings. The number of dihydropyridines is 1. The molecule has 44 heavy (non-hydrogen) atoms. The Balaban J connectivity index is 1.45. The van der Waals surface area contributed by atoms with E-state index in [9.17, 15) is 27.6 Å². The fourth-order valence-electron chi connectivity index (χ4n) is 6.66. The summed E-state index contributed by atoms with van der Waals surface area (Å²) >= 11 is 0. The lowest BCUT2D eigenvalue weighted by atomic mass is 9.87. The first-order valence-electron chi connectivity index (χ1n) is 15.3. The van der Waals surface area contributed by atoms with Gasteiger partial charge in [-0.3, -0.25) is 19.3 Å². The van der Waals surface area contributed by atoms with Crippen LogP contribution >= 0.6 is 0 Å². The van der Waals surface area contributed by atoms with Gasteiger partial charge in [-0.2, -0.15) is 13.2 Å². The number of benzene rings is 1. The molecular weight excluding hydrogens is 578 g/mol. The number of likely N-dealkylation sites (N-methyl/N-ethyl adjacent to an activating group) is 1. The van der Waals surface area contributed by atoms with Crippen LogP contribution in [0.3, 0.4) is 0 Å². The molecule has 12 heteroatoms. The molecule has 1 N–H and O–H groups in total. The number of rotatable bonds is 5. The molecule has 2 fully saturated rings. The third-order valence-corrected chi connectivity index (χ3v) is 9.44. The molecule has 1 saturated carbocycles. The number of nitrogens with one attached hydrogen (secondary N) is 1. The maximum atomic E-state index is 15.9. The van der Waals surface area contributed by atoms with Crippen LogP contribution < -0.4 is 10.2 Å². The third-order valence-electron chi connectivity index (χ3n) is 9.44. The number of amides is 3. The average molecular weight is 618 g/mol. The number of piperazine rings is 1. The molecule has 4 aliphatic rings. The van der Waals surface area contributed by atoms with E-state index in [0.29, 0.717) is 56.2 Å². The molecule has 0 radical (unpaired) electrons. The standard InChI is InChI=1S/C32H39F4N5O3/c1-19-17-41(18-20(2)39(19)3)28-15-26(33)23(21-9-11-40(12-10-21)31(44)22-7-5-4-6-8-22)13-27(28)38-30(43)24-16-37-29(42)14-25(24)32(34,35)36/h9,13-16,19-20,22,24H,4-8,10-12,17-18H2,1-3H3,(H,38,43)/t19-,20+,24?. The van der Waals surface area contributed by atoms with Crippen molar-refractivity contribution in [1.29, 1.82) is 0 Å². The van der Waals surface area contributed by atoms with Crippen molar-refractivity contribution >= 4 is 40.9 Å². The topological polar surface area (TPSA) is 85.3 Å². The lowest BCUT2D eigenvalue weighted by molar-refractivity contribution is -0.136. The van der Waals surface area contributed by atoms with Gasteiger partial charge in [0.15, 0.2) is 0 Å². The van der Waals surface area contributed by atoms with Crippen LogP contribution in [-0.2, 0) is 14.4 Å². The van der Waals surface area contributed by atoms with Crippen molar-refractivity contribution in [2.75, 3.05) is 43.4 Å². The van der Waals surface area contributed by atoms with Gasteiger partial charge < -0.3 is 15.1 Å². The minimum absolute atomic E-state index is 0.0270. The Morgan fingerprint density at radius 2 is 1.73 bits per heavy atom. The van der Waals surface area contributed by atoms with Gasteiger partial charge in [0.2, 0.25) is 11.8 Å². The summed E-state index contributed by atoms with van der Waals surface area (Å²) in [5, 5.41) is 2.62. The van der Waals surface area contributed by atoms with Gasteiger partial charge >= 0.3 is 6.18 Å². The number of hydrogen-bond donors (Lipinski definition) is 1. The van der Waals surface area contributed by atoms with E-state index < -0.39 is 35.3 Å². The first-order valence-corrected chi connectivity index (χ1v) is 15.3. The molecular formula is C32H39F4N5O3. The van der Waals surface area contributed by atoms with E-state index in [2.05, 4.69) is 15.2 Å². The lowest BCUT2D eigenvalue weighted by Gasteiger charge is -2.44. The van der Waals surface area contributed by atoms with Crippen LogP contribution in [0.15, 0.2) is 34.9 Å². The van der Waals surface area contributed by atoms with Gasteiger partial charge in [-0.25, -0.2) is 9.38 Å². The SMILES string of the molecule is C[C@@H]1CN(c2cc(F)c(C3=CCN(C(=O)C4CCCCC4)CC3)cc2NC(=O)C2C=NC(=O)C=C2C(F)(F)F)C[C@H](C)N1C. The molecule has 1 unspecified atom stereocenters. The number of aliphatic imine (C=N–C) groups is 1. The molecule has 1 aliphatic carbocycles. The second-order valence-electron chi connectivity index (χ2n) is 12.4. The van der Waals surface area contributed by atoms with Crippen LogP contribution in [0.4, 0.5) is 28.9 Å². The zero-order valence-corrected chi connectivity index (χ0v) is 25.3. The number of hydrogen-bond acceptors (Lipinski definition) is 5. The van der Waals surface area contributed by atoms with Crippen molar-refractivity contribution in [3.8, 4) is 0 Å². The molecule has 0 aromatic heterocycles. The minimum Gasteiger partial charge on any atom is -0.367 e. The monoisotopic (exact) mass is 617 g/mol. The van der Waals surface area contributed by atoms with E-state index in [4.69, 9.17) is 0 Å². The van der Waals surface area contributed by atoms with E-state index in [0.717, 1.165) is 32.1 Å². The molecule has 3 amide bonds. The van der Waals surface area contributed by atoms with Crippen molar-refractivity contribution in [2.24, 2.45) is 16.8 Å². The Labute approximate surface area is 254 Å². The Morgan fingerprint density at radius 3 is 2.34 bits per heavy atom. The van der Waals surface area contributed by atoms with Crippen LogP contribution in [0.2, 0.25) is 0 Å². The first kappa shape index (κ1) is 31.9. The molecule has 238 valence electrons. The van der Waals surface area contributed by atoms with Gasteiger partial charge in [0.05, 0.1) is 16.9 Å². The van der Waals surface area contributed by atoms with Crippen LogP contribution in [0.1, 0.15) is 57.9 Å². The van der Waals surface area contributed by atoms with Gasteiger partial charge in [-0.1, -0.05) is 25.3 Å². The summed E-state index contributed by atoms with van der Waals surface area (Å²) in [5.74, 6) is -4.32. The van der Waals surface area contributed by atoms with Gasteiger partial charge in [0, 0.05) is 62.0 Å². The molecule has 8 nitrogen and oxygen atoms in total. The number of halogens is 4. The van der Waals surface area contributed by atoms with Crippen molar-refractivity contribution in [2.45, 2.75) is 70.6 Å². The number of anilines is 2. The fraction of sp³-hybridized carbons (Fsp3) is 0.562. The Bertz CT molecular complexity index is 1390. The van der Waals surface area contributed by atoms with Gasteiger partial charge in [-0.15, -0.1) is 0 Å². The van der Waals surface area contributed by atoms with Crippen LogP contribution in [0.25, 0.3) is 5.57 Å². The number of carbonyl (C=O) groups is 3. The Morgan fingerprint density at radius 1 is 1.05 bits per heavy atom. The minimum atomic E-state index is -4.92. The summed E-state index contributed by atoms with van der Waals surface area (Å²) in [6.45, 7) is 5.84. The third kappa shape index (κ3) is 6.74. The summed E-state index contributed by atoms with van der Waals surface area (Å²) in [7, 11) is 1.99. The normalized spacial score (nSPS) is 25.5. The molecule has 3 aliphatic heterocycles. The molecule has 0 bridgehead atoms. The molecule has 5 rings (SSSR count). The number of nitrogens with zero attached hydrogens (tertiary/aromatic N) is 4. The lowest BCUT2D eigenvalue weighted by Crippen LogP contribution is -2.55. The fourth-order valence-corrected chi connectivity index (χ4v) is 6.66. The molecule has 3 heterocycles. The Kier molecular flexibility index (Phi) is 9.29. The second kappa shape index (κ2) is 12.8. The van der Waals surface area contributed by atoms with Gasteiger partial charge in [0.1, 0.15) is 11.7 Å². The molecule has 1 saturated heterocycles. The van der Waals surface area contributed by atoms with E-state index in [1.165, 1.54) is 12.1 Å². The number of alkyl halides is 3. The van der Waals surface area contributed by atoms with E-state index in [-0.39, 0.29) is 35.2 Å². The van der Waals surface area contributed by atoms with Crippen LogP contribution in [-0.4, -0.2) is 85.2 Å². The number of carbonyl (C=O) groups excluding carboxylic acids is 3. The summed E-state index contributed by atoms with van der Waals surface area (Å²) in [6.07, 6.45) is 3.35. The Hall–Kier alpha value is -3.54. The highest BCUT2D eigenvalue weighted by molar-refractivity contribution is 6.11. The van der Waals surface area contributed by atoms with Gasteiger partial charge in [0.25, 0.3) is 5.91 Å². The molecule has 0 spiro atoms. The predicted molar refractivity (Wildman–Crippen MR) is 161 cm³/mol. The summed E-state index contributed by atoms with van der Waals surface area (Å²) in [5.41, 5.74) is 0.113. The van der Waals surface area contributed by atoms with Crippen LogP contribution in [0, 0.1) is 17.7 Å². The first-order chi connectivity index (χ1) is 20.8. The van der Waals surface area contributed by atoms with E-state index in [1.54, 1.807) is 4.90 Å². The molecule has 3 atom stereocenters. The maximum Gasteiger partial charge on any atom is 0.414 e. The van der Waals surface area contributed by atoms with E-state index >= 15 is 4.39 Å². The van der Waals surface area contributed by atoms with E-state index in [1.807, 2.05) is 31.9 Å². The highest BCUT2D eigenvalue weighted by atomic mass is 19.4. The van der Waals surface area contributed by atoms with Crippen molar-refractivity contribution in [3.63, 3.8) is 0 Å². The quantitative estimate of drug-likeness (QED) is 0.459. The zero-order valence-electron chi connectivity index (χ0n) is 25.3. The average Bonchev–Trinajstić information content (AvgIpc) is 3.00. The van der Waals surface area contributed by atoms with Gasteiger partial charge in [-0.05, 0) is 57.9 Å². The van der Waals surface area contributed by atoms with Crippen molar-refractivity contribution < 1.29 is 31.9 Å². The highest BCUT2D eigenvalue weighted by Crippen LogP contribution is 2.38.